The lowest BCUT2D eigenvalue weighted by atomic mass is 9.82. The molecule has 184 valence electrons. The second kappa shape index (κ2) is 9.25. The molecule has 2 N–H and O–H groups in total. The van der Waals surface area contributed by atoms with Crippen molar-refractivity contribution in [1.82, 2.24) is 4.90 Å². The summed E-state index contributed by atoms with van der Waals surface area (Å²) in [7, 11) is -3.68. The molecule has 0 unspecified atom stereocenters. The van der Waals surface area contributed by atoms with Gasteiger partial charge in [0.1, 0.15) is 17.8 Å². The maximum atomic E-state index is 13.3. The Balaban J connectivity index is 1.59. The van der Waals surface area contributed by atoms with Crippen molar-refractivity contribution >= 4 is 15.7 Å². The fraction of sp³-hybridized carbons (Fsp3) is 0.591. The molecular formula is C22H28F4N2O4S. The molecule has 0 bridgehead atoms. The number of hydrogen-bond donors (Lipinski definition) is 1. The highest BCUT2D eigenvalue weighted by Gasteiger charge is 2.69. The number of benzene rings is 1. The number of nitrogens with two attached hydrogens (primary N) is 1. The van der Waals surface area contributed by atoms with Gasteiger partial charge in [-0.1, -0.05) is 6.92 Å². The first-order valence-corrected chi connectivity index (χ1v) is 12.3. The van der Waals surface area contributed by atoms with Crippen LogP contribution in [0, 0.1) is 10.8 Å². The van der Waals surface area contributed by atoms with E-state index in [1.807, 2.05) is 0 Å². The van der Waals surface area contributed by atoms with Gasteiger partial charge in [0.2, 0.25) is 5.91 Å². The molecule has 0 atom stereocenters. The Kier molecular flexibility index (Phi) is 7.14. The second-order valence-electron chi connectivity index (χ2n) is 9.17. The van der Waals surface area contributed by atoms with Gasteiger partial charge < -0.3 is 15.4 Å². The molecule has 1 aliphatic carbocycles. The Morgan fingerprint density at radius 2 is 1.73 bits per heavy atom. The van der Waals surface area contributed by atoms with E-state index in [9.17, 15) is 30.8 Å². The Morgan fingerprint density at radius 1 is 1.15 bits per heavy atom. The van der Waals surface area contributed by atoms with E-state index in [2.05, 4.69) is 0 Å². The highest BCUT2D eigenvalue weighted by molar-refractivity contribution is 7.91. The summed E-state index contributed by atoms with van der Waals surface area (Å²) < 4.78 is 83.6. The minimum Gasteiger partial charge on any atom is -0.489 e. The van der Waals surface area contributed by atoms with Crippen LogP contribution < -0.4 is 10.5 Å². The number of alkyl halides is 3. The maximum Gasteiger partial charge on any atom is 0.403 e. The molecule has 6 nitrogen and oxygen atoms in total. The van der Waals surface area contributed by atoms with Crippen LogP contribution in [0.15, 0.2) is 41.1 Å². The van der Waals surface area contributed by atoms with Crippen molar-refractivity contribution in [2.45, 2.75) is 43.7 Å². The van der Waals surface area contributed by atoms with Crippen LogP contribution in [0.5, 0.6) is 5.75 Å². The highest BCUT2D eigenvalue weighted by Crippen LogP contribution is 2.59. The summed E-state index contributed by atoms with van der Waals surface area (Å²) in [5.74, 6) is -0.719. The van der Waals surface area contributed by atoms with Crippen molar-refractivity contribution in [2.24, 2.45) is 16.6 Å². The third-order valence-corrected chi connectivity index (χ3v) is 8.59. The van der Waals surface area contributed by atoms with Crippen molar-refractivity contribution in [3.8, 4) is 5.75 Å². The number of carbonyl (C=O) groups excluding carboxylic acids is 1. The number of rotatable bonds is 8. The van der Waals surface area contributed by atoms with Gasteiger partial charge in [0.25, 0.3) is 0 Å². The van der Waals surface area contributed by atoms with Gasteiger partial charge in [-0.25, -0.2) is 12.8 Å². The summed E-state index contributed by atoms with van der Waals surface area (Å²) in [4.78, 5) is 13.8. The lowest BCUT2D eigenvalue weighted by Crippen LogP contribution is -2.50. The van der Waals surface area contributed by atoms with E-state index >= 15 is 0 Å². The monoisotopic (exact) mass is 492 g/mol. The zero-order valence-electron chi connectivity index (χ0n) is 18.3. The minimum absolute atomic E-state index is 0.00175. The number of sulfone groups is 1. The largest absolute Gasteiger partial charge is 0.489 e. The van der Waals surface area contributed by atoms with E-state index in [0.29, 0.717) is 24.9 Å². The fourth-order valence-electron chi connectivity index (χ4n) is 4.04. The summed E-state index contributed by atoms with van der Waals surface area (Å²) in [6.45, 7) is 1.92. The average Bonchev–Trinajstić information content (AvgIpc) is 3.56. The number of halogens is 4. The third-order valence-electron chi connectivity index (χ3n) is 6.52. The van der Waals surface area contributed by atoms with Crippen LogP contribution in [0.25, 0.3) is 0 Å². The maximum absolute atomic E-state index is 13.3. The predicted molar refractivity (Wildman–Crippen MR) is 114 cm³/mol. The van der Waals surface area contributed by atoms with Gasteiger partial charge in [0.15, 0.2) is 9.84 Å². The van der Waals surface area contributed by atoms with Crippen LogP contribution >= 0.6 is 0 Å². The molecule has 2 fully saturated rings. The van der Waals surface area contributed by atoms with Crippen molar-refractivity contribution < 1.29 is 35.5 Å². The van der Waals surface area contributed by atoms with Gasteiger partial charge in [-0.3, -0.25) is 4.79 Å². The first-order chi connectivity index (χ1) is 15.4. The molecule has 1 saturated heterocycles. The van der Waals surface area contributed by atoms with E-state index < -0.39 is 32.8 Å². The molecule has 0 spiro atoms. The first kappa shape index (κ1) is 25.5. The van der Waals surface area contributed by atoms with Gasteiger partial charge in [0.05, 0.1) is 17.0 Å². The van der Waals surface area contributed by atoms with E-state index in [1.165, 1.54) is 29.2 Å². The van der Waals surface area contributed by atoms with Crippen LogP contribution in [0.4, 0.5) is 17.6 Å². The standard InChI is InChI=1S/C22H28F4N2O4S/c1-20(8-10-28(11-9-20)19(29)21(6-7-21)22(24,25)26)15-33(30,31)18-4-2-17(3-5-18)32-14-16(12-23)13-27/h2-5,12H,6-11,13-15,27H2,1H3/b16-12+. The molecule has 1 heterocycles. The zero-order valence-corrected chi connectivity index (χ0v) is 19.1. The molecule has 1 aromatic rings. The number of nitrogens with zero attached hydrogens (tertiary/aromatic N) is 1. The van der Waals surface area contributed by atoms with Crippen LogP contribution in [0.3, 0.4) is 0 Å². The van der Waals surface area contributed by atoms with Crippen LogP contribution in [-0.4, -0.2) is 57.4 Å². The number of likely N-dealkylation sites (tertiary alicyclic amines) is 1. The third kappa shape index (κ3) is 5.51. The van der Waals surface area contributed by atoms with Gasteiger partial charge in [0, 0.05) is 25.2 Å². The zero-order chi connectivity index (χ0) is 24.5. The fourth-order valence-corrected chi connectivity index (χ4v) is 5.96. The topological polar surface area (TPSA) is 89.7 Å². The first-order valence-electron chi connectivity index (χ1n) is 10.7. The smallest absolute Gasteiger partial charge is 0.403 e. The molecule has 1 amide bonds. The van der Waals surface area contributed by atoms with Crippen molar-refractivity contribution in [1.29, 1.82) is 0 Å². The number of carbonyl (C=O) groups is 1. The predicted octanol–water partition coefficient (Wildman–Crippen LogP) is 3.62. The SMILES string of the molecule is CC1(CS(=O)(=O)c2ccc(OC/C(=C/F)CN)cc2)CCN(C(=O)C2(C(F)(F)F)CC2)CC1. The summed E-state index contributed by atoms with van der Waals surface area (Å²) in [6.07, 6.45) is -3.97. The quantitative estimate of drug-likeness (QED) is 0.560. The Labute approximate surface area is 190 Å². The molecule has 3 rings (SSSR count). The summed E-state index contributed by atoms with van der Waals surface area (Å²) in [5, 5.41) is 0. The molecule has 11 heteroatoms. The highest BCUT2D eigenvalue weighted by atomic mass is 32.2. The number of hydrogen-bond acceptors (Lipinski definition) is 5. The molecule has 1 saturated carbocycles. The van der Waals surface area contributed by atoms with Crippen LogP contribution in [-0.2, 0) is 14.6 Å². The summed E-state index contributed by atoms with van der Waals surface area (Å²) in [5.41, 5.74) is 2.70. The van der Waals surface area contributed by atoms with E-state index in [1.54, 1.807) is 6.92 Å². The lowest BCUT2D eigenvalue weighted by molar-refractivity contribution is -0.199. The Hall–Kier alpha value is -2.14. The molecular weight excluding hydrogens is 464 g/mol. The number of ether oxygens (including phenoxy) is 1. The summed E-state index contributed by atoms with van der Waals surface area (Å²) in [6, 6.07) is 5.73. The molecule has 33 heavy (non-hydrogen) atoms. The van der Waals surface area contributed by atoms with E-state index in [-0.39, 0.29) is 55.3 Å². The minimum atomic E-state index is -4.56. The van der Waals surface area contributed by atoms with Crippen molar-refractivity contribution in [3.63, 3.8) is 0 Å². The average molecular weight is 493 g/mol. The van der Waals surface area contributed by atoms with Gasteiger partial charge >= 0.3 is 6.18 Å². The normalized spacial score (nSPS) is 20.4. The summed E-state index contributed by atoms with van der Waals surface area (Å²) >= 11 is 0. The van der Waals surface area contributed by atoms with E-state index in [4.69, 9.17) is 10.5 Å². The second-order valence-corrected chi connectivity index (χ2v) is 11.2. The van der Waals surface area contributed by atoms with Crippen LogP contribution in [0.1, 0.15) is 32.6 Å². The van der Waals surface area contributed by atoms with Crippen LogP contribution in [0.2, 0.25) is 0 Å². The van der Waals surface area contributed by atoms with Crippen molar-refractivity contribution in [2.75, 3.05) is 32.0 Å². The van der Waals surface area contributed by atoms with Gasteiger partial charge in [-0.2, -0.15) is 13.2 Å². The molecule has 1 aliphatic heterocycles. The Bertz CT molecular complexity index is 994. The van der Waals surface area contributed by atoms with Gasteiger partial charge in [-0.15, -0.1) is 0 Å². The van der Waals surface area contributed by atoms with E-state index in [0.717, 1.165) is 0 Å². The lowest BCUT2D eigenvalue weighted by Gasteiger charge is -2.40. The molecule has 2 aliphatic rings. The van der Waals surface area contributed by atoms with Crippen molar-refractivity contribution in [3.05, 3.63) is 36.2 Å². The molecule has 0 aromatic heterocycles. The number of amides is 1. The Morgan fingerprint density at radius 3 is 2.18 bits per heavy atom. The number of piperidine rings is 1. The molecule has 0 radical (unpaired) electrons. The molecule has 1 aromatic carbocycles. The van der Waals surface area contributed by atoms with Gasteiger partial charge in [-0.05, 0) is 55.4 Å².